The van der Waals surface area contributed by atoms with E-state index >= 15 is 0 Å². The SMILES string of the molecule is CC(N)C(CCO)c1ccnn1C. The lowest BCUT2D eigenvalue weighted by molar-refractivity contribution is 0.266. The van der Waals surface area contributed by atoms with E-state index in [1.54, 1.807) is 6.20 Å². The Hall–Kier alpha value is -0.870. The number of rotatable bonds is 4. The fourth-order valence-electron chi connectivity index (χ4n) is 1.57. The van der Waals surface area contributed by atoms with Gasteiger partial charge in [0.25, 0.3) is 0 Å². The molecule has 0 radical (unpaired) electrons. The van der Waals surface area contributed by atoms with Crippen molar-refractivity contribution in [3.05, 3.63) is 18.0 Å². The molecule has 0 bridgehead atoms. The number of aryl methyl sites for hydroxylation is 1. The molecule has 4 heteroatoms. The predicted molar refractivity (Wildman–Crippen MR) is 51.3 cm³/mol. The van der Waals surface area contributed by atoms with E-state index in [1.807, 2.05) is 24.7 Å². The monoisotopic (exact) mass is 183 g/mol. The van der Waals surface area contributed by atoms with Crippen LogP contribution in [0.2, 0.25) is 0 Å². The Morgan fingerprint density at radius 3 is 2.77 bits per heavy atom. The highest BCUT2D eigenvalue weighted by molar-refractivity contribution is 5.09. The van der Waals surface area contributed by atoms with Crippen LogP contribution in [0.3, 0.4) is 0 Å². The van der Waals surface area contributed by atoms with Crippen molar-refractivity contribution in [1.29, 1.82) is 0 Å². The van der Waals surface area contributed by atoms with Gasteiger partial charge in [-0.05, 0) is 19.4 Å². The third-order valence-corrected chi connectivity index (χ3v) is 2.31. The van der Waals surface area contributed by atoms with Crippen molar-refractivity contribution in [2.45, 2.75) is 25.3 Å². The summed E-state index contributed by atoms with van der Waals surface area (Å²) in [5.74, 6) is 0.192. The van der Waals surface area contributed by atoms with E-state index in [9.17, 15) is 0 Å². The van der Waals surface area contributed by atoms with Gasteiger partial charge in [0.2, 0.25) is 0 Å². The normalized spacial score (nSPS) is 15.7. The maximum atomic E-state index is 8.89. The van der Waals surface area contributed by atoms with Gasteiger partial charge in [0.15, 0.2) is 0 Å². The highest BCUT2D eigenvalue weighted by atomic mass is 16.3. The number of aromatic nitrogens is 2. The van der Waals surface area contributed by atoms with E-state index in [-0.39, 0.29) is 18.6 Å². The minimum atomic E-state index is 0.0440. The zero-order valence-corrected chi connectivity index (χ0v) is 8.14. The summed E-state index contributed by atoms with van der Waals surface area (Å²) in [7, 11) is 1.89. The second-order valence-corrected chi connectivity index (χ2v) is 3.36. The topological polar surface area (TPSA) is 64.1 Å². The third kappa shape index (κ3) is 2.29. The second-order valence-electron chi connectivity index (χ2n) is 3.36. The first kappa shape index (κ1) is 10.2. The smallest absolute Gasteiger partial charge is 0.0492 e. The van der Waals surface area contributed by atoms with E-state index in [0.717, 1.165) is 5.69 Å². The van der Waals surface area contributed by atoms with Crippen LogP contribution >= 0.6 is 0 Å². The third-order valence-electron chi connectivity index (χ3n) is 2.31. The first-order valence-electron chi connectivity index (χ1n) is 4.51. The van der Waals surface area contributed by atoms with Crippen molar-refractivity contribution in [2.24, 2.45) is 12.8 Å². The largest absolute Gasteiger partial charge is 0.396 e. The Balaban J connectivity index is 2.82. The Morgan fingerprint density at radius 2 is 2.38 bits per heavy atom. The minimum Gasteiger partial charge on any atom is -0.396 e. The highest BCUT2D eigenvalue weighted by Gasteiger charge is 2.18. The van der Waals surface area contributed by atoms with Crippen LogP contribution in [0.5, 0.6) is 0 Å². The molecule has 74 valence electrons. The molecule has 0 saturated carbocycles. The van der Waals surface area contributed by atoms with Gasteiger partial charge in [0.1, 0.15) is 0 Å². The van der Waals surface area contributed by atoms with Crippen LogP contribution in [0.4, 0.5) is 0 Å². The molecule has 13 heavy (non-hydrogen) atoms. The first-order chi connectivity index (χ1) is 6.16. The molecular weight excluding hydrogens is 166 g/mol. The lowest BCUT2D eigenvalue weighted by atomic mass is 9.95. The van der Waals surface area contributed by atoms with E-state index < -0.39 is 0 Å². The molecule has 2 unspecified atom stereocenters. The number of nitrogens with zero attached hydrogens (tertiary/aromatic N) is 2. The molecule has 1 rings (SSSR count). The number of aliphatic hydroxyl groups excluding tert-OH is 1. The minimum absolute atomic E-state index is 0.0440. The summed E-state index contributed by atoms with van der Waals surface area (Å²) in [6.07, 6.45) is 2.44. The van der Waals surface area contributed by atoms with Gasteiger partial charge in [-0.1, -0.05) is 0 Å². The standard InChI is InChI=1S/C9H17N3O/c1-7(10)8(4-6-13)9-3-5-11-12(9)2/h3,5,7-8,13H,4,6,10H2,1-2H3. The lowest BCUT2D eigenvalue weighted by Gasteiger charge is -2.19. The molecule has 0 amide bonds. The summed E-state index contributed by atoms with van der Waals surface area (Å²) in [6.45, 7) is 2.12. The lowest BCUT2D eigenvalue weighted by Crippen LogP contribution is -2.27. The van der Waals surface area contributed by atoms with Crippen LogP contribution in [-0.4, -0.2) is 27.5 Å². The fraction of sp³-hybridized carbons (Fsp3) is 0.667. The molecule has 0 aliphatic carbocycles. The molecule has 1 aromatic heterocycles. The van der Waals surface area contributed by atoms with Crippen molar-refractivity contribution in [2.75, 3.05) is 6.61 Å². The zero-order chi connectivity index (χ0) is 9.84. The van der Waals surface area contributed by atoms with E-state index in [0.29, 0.717) is 6.42 Å². The number of aliphatic hydroxyl groups is 1. The van der Waals surface area contributed by atoms with E-state index in [2.05, 4.69) is 5.10 Å². The molecule has 3 N–H and O–H groups in total. The summed E-state index contributed by atoms with van der Waals surface area (Å²) >= 11 is 0. The molecule has 2 atom stereocenters. The van der Waals surface area contributed by atoms with Gasteiger partial charge in [0, 0.05) is 37.5 Å². The van der Waals surface area contributed by atoms with Crippen LogP contribution in [0.25, 0.3) is 0 Å². The van der Waals surface area contributed by atoms with E-state index in [4.69, 9.17) is 10.8 Å². The Bertz CT molecular complexity index is 257. The average molecular weight is 183 g/mol. The maximum absolute atomic E-state index is 8.89. The van der Waals surface area contributed by atoms with Crippen molar-refractivity contribution in [3.63, 3.8) is 0 Å². The molecule has 0 fully saturated rings. The molecule has 1 aromatic rings. The summed E-state index contributed by atoms with van der Waals surface area (Å²) in [4.78, 5) is 0. The van der Waals surface area contributed by atoms with Gasteiger partial charge >= 0.3 is 0 Å². The van der Waals surface area contributed by atoms with Crippen molar-refractivity contribution >= 4 is 0 Å². The van der Waals surface area contributed by atoms with Gasteiger partial charge in [-0.3, -0.25) is 4.68 Å². The van der Waals surface area contributed by atoms with Gasteiger partial charge in [-0.15, -0.1) is 0 Å². The molecule has 1 heterocycles. The molecular formula is C9H17N3O. The van der Waals surface area contributed by atoms with Crippen molar-refractivity contribution < 1.29 is 5.11 Å². The Morgan fingerprint density at radius 1 is 1.69 bits per heavy atom. The van der Waals surface area contributed by atoms with Gasteiger partial charge in [-0.25, -0.2) is 0 Å². The predicted octanol–water partition coefficient (Wildman–Crippen LogP) is 0.233. The molecule has 4 nitrogen and oxygen atoms in total. The zero-order valence-electron chi connectivity index (χ0n) is 8.14. The van der Waals surface area contributed by atoms with Crippen LogP contribution < -0.4 is 5.73 Å². The van der Waals surface area contributed by atoms with Gasteiger partial charge in [-0.2, -0.15) is 5.10 Å². The van der Waals surface area contributed by atoms with E-state index in [1.165, 1.54) is 0 Å². The molecule has 0 aliphatic rings. The Labute approximate surface area is 78.4 Å². The molecule has 0 aliphatic heterocycles. The quantitative estimate of drug-likeness (QED) is 0.702. The summed E-state index contributed by atoms with van der Waals surface area (Å²) < 4.78 is 1.81. The average Bonchev–Trinajstić information content (AvgIpc) is 2.47. The van der Waals surface area contributed by atoms with Crippen molar-refractivity contribution in [1.82, 2.24) is 9.78 Å². The van der Waals surface area contributed by atoms with Crippen LogP contribution in [0, 0.1) is 0 Å². The molecule has 0 saturated heterocycles. The highest BCUT2D eigenvalue weighted by Crippen LogP contribution is 2.20. The summed E-state index contributed by atoms with van der Waals surface area (Å²) in [5, 5.41) is 13.0. The Kier molecular flexibility index (Phi) is 3.45. The second kappa shape index (κ2) is 4.39. The summed E-state index contributed by atoms with van der Waals surface area (Å²) in [6, 6.07) is 1.99. The molecule has 0 spiro atoms. The summed E-state index contributed by atoms with van der Waals surface area (Å²) in [5.41, 5.74) is 6.92. The van der Waals surface area contributed by atoms with Gasteiger partial charge < -0.3 is 10.8 Å². The molecule has 0 aromatic carbocycles. The van der Waals surface area contributed by atoms with Crippen LogP contribution in [0.1, 0.15) is 25.0 Å². The number of hydrogen-bond acceptors (Lipinski definition) is 3. The van der Waals surface area contributed by atoms with Crippen LogP contribution in [-0.2, 0) is 7.05 Å². The number of nitrogens with two attached hydrogens (primary N) is 1. The number of hydrogen-bond donors (Lipinski definition) is 2. The van der Waals surface area contributed by atoms with Crippen molar-refractivity contribution in [3.8, 4) is 0 Å². The van der Waals surface area contributed by atoms with Crippen LogP contribution in [0.15, 0.2) is 12.3 Å². The maximum Gasteiger partial charge on any atom is 0.0492 e. The first-order valence-corrected chi connectivity index (χ1v) is 4.51. The van der Waals surface area contributed by atoms with Gasteiger partial charge in [0.05, 0.1) is 0 Å². The fourth-order valence-corrected chi connectivity index (χ4v) is 1.57.